The van der Waals surface area contributed by atoms with E-state index in [0.717, 1.165) is 18.8 Å². The van der Waals surface area contributed by atoms with Crippen LogP contribution in [0.1, 0.15) is 30.9 Å². The number of carbonyl (C=O) groups excluding carboxylic acids is 1. The smallest absolute Gasteiger partial charge is 0.243 e. The van der Waals surface area contributed by atoms with Crippen molar-refractivity contribution in [3.8, 4) is 5.75 Å². The monoisotopic (exact) mass is 552 g/mol. The Morgan fingerprint density at radius 1 is 1.16 bits per heavy atom. The lowest BCUT2D eigenvalue weighted by atomic mass is 10.0. The molecule has 0 bridgehead atoms. The Hall–Kier alpha value is -2.40. The lowest BCUT2D eigenvalue weighted by Crippen LogP contribution is -2.46. The van der Waals surface area contributed by atoms with Crippen LogP contribution in [-0.4, -0.2) is 62.1 Å². The largest absolute Gasteiger partial charge is 0.497 e. The second kappa shape index (κ2) is 13.9. The zero-order chi connectivity index (χ0) is 21.9. The van der Waals surface area contributed by atoms with Crippen molar-refractivity contribution >= 4 is 41.5 Å². The minimum atomic E-state index is -0.154. The number of hydrogen-bond acceptors (Lipinski definition) is 5. The van der Waals surface area contributed by atoms with Gasteiger partial charge < -0.3 is 20.7 Å². The number of methoxy groups -OCH3 is 1. The molecule has 2 aromatic rings. The number of pyridine rings is 1. The number of aromatic nitrogens is 1. The molecule has 0 aliphatic carbocycles. The number of rotatable bonds is 8. The summed E-state index contributed by atoms with van der Waals surface area (Å²) in [5.74, 6) is 1.29. The van der Waals surface area contributed by atoms with E-state index in [1.807, 2.05) is 12.1 Å². The van der Waals surface area contributed by atoms with Gasteiger partial charge in [0.25, 0.3) is 0 Å². The lowest BCUT2D eigenvalue weighted by molar-refractivity contribution is -0.115. The van der Waals surface area contributed by atoms with Crippen LogP contribution in [0.25, 0.3) is 0 Å². The number of anilines is 1. The number of carbonyl (C=O) groups is 1. The molecule has 9 heteroatoms. The second-order valence-electron chi connectivity index (χ2n) is 7.48. The molecule has 174 valence electrons. The molecule has 0 saturated carbocycles. The van der Waals surface area contributed by atoms with Gasteiger partial charge in [-0.05, 0) is 55.8 Å². The van der Waals surface area contributed by atoms with Gasteiger partial charge in [-0.25, -0.2) is 0 Å². The molecule has 1 aromatic heterocycles. The molecule has 1 aliphatic heterocycles. The maximum Gasteiger partial charge on any atom is 0.243 e. The summed E-state index contributed by atoms with van der Waals surface area (Å²) in [6, 6.07) is 12.0. The van der Waals surface area contributed by atoms with Crippen molar-refractivity contribution < 1.29 is 9.53 Å². The summed E-state index contributed by atoms with van der Waals surface area (Å²) in [4.78, 5) is 23.0. The highest BCUT2D eigenvalue weighted by atomic mass is 127. The van der Waals surface area contributed by atoms with Crippen LogP contribution in [0.4, 0.5) is 5.69 Å². The van der Waals surface area contributed by atoms with Crippen LogP contribution in [0, 0.1) is 0 Å². The maximum absolute atomic E-state index is 12.2. The Morgan fingerprint density at radius 2 is 1.91 bits per heavy atom. The minimum Gasteiger partial charge on any atom is -0.497 e. The summed E-state index contributed by atoms with van der Waals surface area (Å²) in [6.45, 7) is 2.97. The van der Waals surface area contributed by atoms with Crippen molar-refractivity contribution in [1.29, 1.82) is 0 Å². The average Bonchev–Trinajstić information content (AvgIpc) is 2.83. The molecule has 1 fully saturated rings. The molecule has 2 heterocycles. The van der Waals surface area contributed by atoms with Crippen molar-refractivity contribution in [3.05, 3.63) is 54.4 Å². The zero-order valence-corrected chi connectivity index (χ0v) is 21.0. The zero-order valence-electron chi connectivity index (χ0n) is 18.7. The number of likely N-dealkylation sites (tertiary alicyclic amines) is 1. The van der Waals surface area contributed by atoms with Crippen molar-refractivity contribution in [2.75, 3.05) is 45.7 Å². The molecule has 1 unspecified atom stereocenters. The molecule has 0 radical (unpaired) electrons. The molecular formula is C23H33IN6O2. The first-order chi connectivity index (χ1) is 15.2. The number of guanidine groups is 1. The molecule has 1 saturated heterocycles. The molecule has 1 atom stereocenters. The third-order valence-electron chi connectivity index (χ3n) is 5.38. The number of piperidine rings is 1. The molecule has 1 aliphatic rings. The molecule has 1 aromatic carbocycles. The van der Waals surface area contributed by atoms with Crippen LogP contribution in [0.2, 0.25) is 0 Å². The van der Waals surface area contributed by atoms with Crippen LogP contribution in [-0.2, 0) is 4.79 Å². The Bertz CT molecular complexity index is 841. The van der Waals surface area contributed by atoms with E-state index in [-0.39, 0.29) is 42.5 Å². The van der Waals surface area contributed by atoms with E-state index in [4.69, 9.17) is 4.74 Å². The van der Waals surface area contributed by atoms with Crippen molar-refractivity contribution in [1.82, 2.24) is 20.5 Å². The number of amides is 1. The van der Waals surface area contributed by atoms with Gasteiger partial charge in [0.05, 0.1) is 31.6 Å². The van der Waals surface area contributed by atoms with Gasteiger partial charge in [0.15, 0.2) is 5.96 Å². The fourth-order valence-electron chi connectivity index (χ4n) is 3.73. The molecular weight excluding hydrogens is 519 g/mol. The number of nitrogens with zero attached hydrogens (tertiary/aromatic N) is 3. The minimum absolute atomic E-state index is 0. The topological polar surface area (TPSA) is 90.9 Å². The highest BCUT2D eigenvalue weighted by Crippen LogP contribution is 2.25. The second-order valence-corrected chi connectivity index (χ2v) is 7.48. The summed E-state index contributed by atoms with van der Waals surface area (Å²) in [7, 11) is 3.39. The fourth-order valence-corrected chi connectivity index (χ4v) is 3.73. The summed E-state index contributed by atoms with van der Waals surface area (Å²) in [5.41, 5.74) is 1.90. The first-order valence-corrected chi connectivity index (χ1v) is 10.7. The predicted molar refractivity (Wildman–Crippen MR) is 139 cm³/mol. The Labute approximate surface area is 207 Å². The van der Waals surface area contributed by atoms with Crippen molar-refractivity contribution in [2.24, 2.45) is 4.99 Å². The average molecular weight is 552 g/mol. The number of ether oxygens (including phenoxy) is 1. The van der Waals surface area contributed by atoms with Gasteiger partial charge in [-0.15, -0.1) is 24.0 Å². The van der Waals surface area contributed by atoms with E-state index in [2.05, 4.69) is 43.0 Å². The van der Waals surface area contributed by atoms with Crippen LogP contribution in [0.3, 0.4) is 0 Å². The number of benzene rings is 1. The van der Waals surface area contributed by atoms with Crippen molar-refractivity contribution in [2.45, 2.75) is 25.3 Å². The first kappa shape index (κ1) is 25.9. The van der Waals surface area contributed by atoms with Crippen LogP contribution < -0.4 is 20.7 Å². The van der Waals surface area contributed by atoms with E-state index in [1.165, 1.54) is 24.8 Å². The van der Waals surface area contributed by atoms with Crippen LogP contribution in [0.15, 0.2) is 53.8 Å². The highest BCUT2D eigenvalue weighted by Gasteiger charge is 2.22. The summed E-state index contributed by atoms with van der Waals surface area (Å²) in [5, 5.41) is 9.28. The third-order valence-corrected chi connectivity index (χ3v) is 5.38. The number of aliphatic imine (C=N–C) groups is 1. The molecule has 3 N–H and O–H groups in total. The quantitative estimate of drug-likeness (QED) is 0.265. The van der Waals surface area contributed by atoms with Gasteiger partial charge in [0.2, 0.25) is 5.91 Å². The third kappa shape index (κ3) is 7.94. The van der Waals surface area contributed by atoms with Gasteiger partial charge >= 0.3 is 0 Å². The van der Waals surface area contributed by atoms with Gasteiger partial charge in [0, 0.05) is 19.8 Å². The molecule has 1 amide bonds. The Morgan fingerprint density at radius 3 is 2.53 bits per heavy atom. The Kier molecular flexibility index (Phi) is 11.2. The molecule has 8 nitrogen and oxygen atoms in total. The van der Waals surface area contributed by atoms with Crippen molar-refractivity contribution in [3.63, 3.8) is 0 Å². The van der Waals surface area contributed by atoms with E-state index in [0.29, 0.717) is 18.2 Å². The van der Waals surface area contributed by atoms with Gasteiger partial charge in [-0.1, -0.05) is 18.6 Å². The predicted octanol–water partition coefficient (Wildman–Crippen LogP) is 3.04. The van der Waals surface area contributed by atoms with Crippen LogP contribution >= 0.6 is 24.0 Å². The van der Waals surface area contributed by atoms with Crippen LogP contribution in [0.5, 0.6) is 5.75 Å². The van der Waals surface area contributed by atoms with E-state index in [1.54, 1.807) is 38.7 Å². The SMILES string of the molecule is CN=C(NCC(=O)Nc1cccnc1)NCC(c1ccc(OC)cc1)N1CCCCC1.I. The highest BCUT2D eigenvalue weighted by molar-refractivity contribution is 14.0. The van der Waals surface area contributed by atoms with Gasteiger partial charge in [-0.3, -0.25) is 19.7 Å². The molecule has 0 spiro atoms. The first-order valence-electron chi connectivity index (χ1n) is 10.7. The molecule has 3 rings (SSSR count). The number of hydrogen-bond donors (Lipinski definition) is 3. The standard InChI is InChI=1S/C23H32N6O2.HI/c1-24-23(27-17-22(30)28-19-7-6-12-25-15-19)26-16-21(29-13-4-3-5-14-29)18-8-10-20(31-2)11-9-18;/h6-12,15,21H,3-5,13-14,16-17H2,1-2H3,(H,28,30)(H2,24,26,27);1H. The van der Waals surface area contributed by atoms with Gasteiger partial charge in [-0.2, -0.15) is 0 Å². The number of halogens is 1. The maximum atomic E-state index is 12.2. The summed E-state index contributed by atoms with van der Waals surface area (Å²) >= 11 is 0. The lowest BCUT2D eigenvalue weighted by Gasteiger charge is -2.35. The normalized spacial score (nSPS) is 15.2. The van der Waals surface area contributed by atoms with Gasteiger partial charge in [0.1, 0.15) is 5.75 Å². The molecule has 32 heavy (non-hydrogen) atoms. The fraction of sp³-hybridized carbons (Fsp3) is 0.435. The number of nitrogens with one attached hydrogen (secondary N) is 3. The van der Waals surface area contributed by atoms with E-state index in [9.17, 15) is 4.79 Å². The summed E-state index contributed by atoms with van der Waals surface area (Å²) in [6.07, 6.45) is 7.00. The van der Waals surface area contributed by atoms with E-state index >= 15 is 0 Å². The summed E-state index contributed by atoms with van der Waals surface area (Å²) < 4.78 is 5.31. The van der Waals surface area contributed by atoms with E-state index < -0.39 is 0 Å². The Balaban J connectivity index is 0.00000363.